The van der Waals surface area contributed by atoms with Gasteiger partial charge in [0.25, 0.3) is 5.91 Å². The summed E-state index contributed by atoms with van der Waals surface area (Å²) in [6.07, 6.45) is 1.43. The Labute approximate surface area is 252 Å². The number of nitriles is 1. The number of alkyl halides is 1. The largest absolute Gasteiger partial charge is 0.497 e. The molecule has 4 rings (SSSR count). The summed E-state index contributed by atoms with van der Waals surface area (Å²) in [5.41, 5.74) is 1.91. The zero-order valence-electron chi connectivity index (χ0n) is 22.4. The molecule has 12 heteroatoms. The fourth-order valence-corrected chi connectivity index (χ4v) is 7.73. The number of hydrogen-bond donors (Lipinski definition) is 0. The predicted octanol–water partition coefficient (Wildman–Crippen LogP) is 4.55. The van der Waals surface area contributed by atoms with Crippen LogP contribution in [0.3, 0.4) is 0 Å². The molecule has 3 unspecified atom stereocenters. The van der Waals surface area contributed by atoms with Crippen LogP contribution in [0, 0.1) is 11.3 Å². The standard InChI is InChI=1S/C30H26ClN3O6S2/c1-20(16-31)27(30(36)40-19-23-12-14-24(39-2)15-13-23)34-28(35)26(33-18-22-10-8-21(17-32)9-11-22)29(34)41-42(37,38)25-6-4-3-5-7-25/h3-15,18,26-27,29H,1,16,19H2,2H3. The highest BCUT2D eigenvalue weighted by molar-refractivity contribution is 8.72. The molecule has 0 aromatic heterocycles. The molecule has 0 bridgehead atoms. The number of esters is 1. The van der Waals surface area contributed by atoms with Gasteiger partial charge in [0.05, 0.1) is 23.6 Å². The molecule has 3 aromatic rings. The third-order valence-electron chi connectivity index (χ3n) is 6.33. The van der Waals surface area contributed by atoms with Crippen LogP contribution in [0.1, 0.15) is 16.7 Å². The Morgan fingerprint density at radius 1 is 1.14 bits per heavy atom. The first-order chi connectivity index (χ1) is 20.2. The Kier molecular flexibility index (Phi) is 10.1. The van der Waals surface area contributed by atoms with Crippen molar-refractivity contribution >= 4 is 49.4 Å². The molecule has 0 spiro atoms. The maximum atomic E-state index is 13.5. The zero-order valence-corrected chi connectivity index (χ0v) is 24.8. The molecular formula is C30H26ClN3O6S2. The summed E-state index contributed by atoms with van der Waals surface area (Å²) in [6, 6.07) is 20.7. The van der Waals surface area contributed by atoms with Crippen LogP contribution in [0.2, 0.25) is 0 Å². The van der Waals surface area contributed by atoms with Gasteiger partial charge in [-0.25, -0.2) is 13.2 Å². The molecule has 0 saturated carbocycles. The normalized spacial score (nSPS) is 17.3. The fourth-order valence-electron chi connectivity index (χ4n) is 4.07. The van der Waals surface area contributed by atoms with Gasteiger partial charge in [-0.1, -0.05) is 49.0 Å². The van der Waals surface area contributed by atoms with Crippen LogP contribution in [-0.4, -0.2) is 61.9 Å². The number of carbonyl (C=O) groups excluding carboxylic acids is 2. The van der Waals surface area contributed by atoms with E-state index >= 15 is 0 Å². The van der Waals surface area contributed by atoms with Gasteiger partial charge in [0.2, 0.25) is 8.87 Å². The molecule has 0 aliphatic carbocycles. The van der Waals surface area contributed by atoms with Crippen molar-refractivity contribution in [2.45, 2.75) is 29.0 Å². The van der Waals surface area contributed by atoms with Gasteiger partial charge in [-0.3, -0.25) is 9.79 Å². The molecule has 42 heavy (non-hydrogen) atoms. The third kappa shape index (κ3) is 7.02. The molecule has 3 atom stereocenters. The zero-order chi connectivity index (χ0) is 30.3. The van der Waals surface area contributed by atoms with Crippen LogP contribution >= 0.6 is 22.4 Å². The van der Waals surface area contributed by atoms with Crippen LogP contribution in [0.5, 0.6) is 5.75 Å². The highest BCUT2D eigenvalue weighted by Gasteiger charge is 2.55. The smallest absolute Gasteiger partial charge is 0.333 e. The van der Waals surface area contributed by atoms with Crippen molar-refractivity contribution in [3.63, 3.8) is 0 Å². The molecule has 1 fully saturated rings. The number of rotatable bonds is 12. The second-order valence-corrected chi connectivity index (χ2v) is 13.3. The molecule has 9 nitrogen and oxygen atoms in total. The molecule has 1 heterocycles. The number of methoxy groups -OCH3 is 1. The average molecular weight is 624 g/mol. The van der Waals surface area contributed by atoms with Crippen molar-refractivity contribution in [2.75, 3.05) is 13.0 Å². The van der Waals surface area contributed by atoms with Crippen LogP contribution in [-0.2, 0) is 29.8 Å². The number of aliphatic imine (C=N–C) groups is 1. The lowest BCUT2D eigenvalue weighted by Gasteiger charge is -2.47. The van der Waals surface area contributed by atoms with E-state index in [9.17, 15) is 18.0 Å². The van der Waals surface area contributed by atoms with Crippen LogP contribution in [0.4, 0.5) is 0 Å². The number of likely N-dealkylation sites (tertiary alicyclic amines) is 1. The monoisotopic (exact) mass is 623 g/mol. The molecule has 1 amide bonds. The van der Waals surface area contributed by atoms with E-state index in [4.69, 9.17) is 26.3 Å². The van der Waals surface area contributed by atoms with Gasteiger partial charge in [0.15, 0.2) is 12.1 Å². The summed E-state index contributed by atoms with van der Waals surface area (Å²) in [6.45, 7) is 3.77. The maximum Gasteiger partial charge on any atom is 0.333 e. The number of halogens is 1. The number of amides is 1. The second kappa shape index (κ2) is 13.7. The van der Waals surface area contributed by atoms with Crippen molar-refractivity contribution in [3.05, 3.63) is 108 Å². The molecular weight excluding hydrogens is 598 g/mol. The van der Waals surface area contributed by atoms with Crippen molar-refractivity contribution < 1.29 is 27.5 Å². The van der Waals surface area contributed by atoms with Crippen LogP contribution in [0.15, 0.2) is 101 Å². The maximum absolute atomic E-state index is 13.5. The summed E-state index contributed by atoms with van der Waals surface area (Å²) >= 11 is 6.06. The molecule has 0 radical (unpaired) electrons. The number of ether oxygens (including phenoxy) is 2. The van der Waals surface area contributed by atoms with Crippen LogP contribution < -0.4 is 4.74 Å². The molecule has 1 saturated heterocycles. The Hall–Kier alpha value is -4.11. The highest BCUT2D eigenvalue weighted by Crippen LogP contribution is 2.41. The Bertz CT molecular complexity index is 1620. The number of β-lactam (4-membered cyclic amide) rings is 1. The molecule has 3 aromatic carbocycles. The van der Waals surface area contributed by atoms with Gasteiger partial charge in [-0.05, 0) is 53.1 Å². The summed E-state index contributed by atoms with van der Waals surface area (Å²) in [5.74, 6) is -0.925. The summed E-state index contributed by atoms with van der Waals surface area (Å²) in [5, 5.41) is 7.94. The van der Waals surface area contributed by atoms with Gasteiger partial charge in [-0.2, -0.15) is 5.26 Å². The SMILES string of the molecule is C=C(CCl)C(C(=O)OCc1ccc(OC)cc1)N1C(=O)C(N=Cc2ccc(C#N)cc2)C1SS(=O)(=O)c1ccccc1. The highest BCUT2D eigenvalue weighted by atomic mass is 35.5. The third-order valence-corrected chi connectivity index (χ3v) is 10.4. The van der Waals surface area contributed by atoms with E-state index in [1.807, 2.05) is 6.07 Å². The Morgan fingerprint density at radius 3 is 2.40 bits per heavy atom. The summed E-state index contributed by atoms with van der Waals surface area (Å²) < 4.78 is 37.3. The lowest BCUT2D eigenvalue weighted by atomic mass is 9.99. The Morgan fingerprint density at radius 2 is 1.81 bits per heavy atom. The Balaban J connectivity index is 1.62. The van der Waals surface area contributed by atoms with Gasteiger partial charge in [0, 0.05) is 22.9 Å². The quantitative estimate of drug-likeness (QED) is 0.0718. The van der Waals surface area contributed by atoms with E-state index in [-0.39, 0.29) is 23.0 Å². The van der Waals surface area contributed by atoms with E-state index in [1.165, 1.54) is 25.5 Å². The van der Waals surface area contributed by atoms with Crippen molar-refractivity contribution in [3.8, 4) is 11.8 Å². The first kappa shape index (κ1) is 30.8. The van der Waals surface area contributed by atoms with Gasteiger partial charge in [0.1, 0.15) is 17.7 Å². The van der Waals surface area contributed by atoms with E-state index in [1.54, 1.807) is 66.7 Å². The topological polar surface area (TPSA) is 126 Å². The number of carbonyl (C=O) groups is 2. The summed E-state index contributed by atoms with van der Waals surface area (Å²) in [7, 11) is -1.92. The lowest BCUT2D eigenvalue weighted by Crippen LogP contribution is -2.68. The van der Waals surface area contributed by atoms with E-state index in [2.05, 4.69) is 11.6 Å². The number of nitrogens with zero attached hydrogens (tertiary/aromatic N) is 3. The van der Waals surface area contributed by atoms with Gasteiger partial charge < -0.3 is 14.4 Å². The van der Waals surface area contributed by atoms with E-state index in [0.29, 0.717) is 33.2 Å². The fraction of sp³-hybridized carbons (Fsp3) is 0.200. The molecule has 1 aliphatic rings. The van der Waals surface area contributed by atoms with Gasteiger partial charge >= 0.3 is 5.97 Å². The second-order valence-electron chi connectivity index (χ2n) is 9.11. The minimum Gasteiger partial charge on any atom is -0.497 e. The number of hydrogen-bond acceptors (Lipinski definition) is 9. The van der Waals surface area contributed by atoms with Crippen LogP contribution in [0.25, 0.3) is 0 Å². The minimum atomic E-state index is -3.97. The van der Waals surface area contributed by atoms with Gasteiger partial charge in [-0.15, -0.1) is 11.6 Å². The van der Waals surface area contributed by atoms with Crippen molar-refractivity contribution in [2.24, 2.45) is 4.99 Å². The lowest BCUT2D eigenvalue weighted by molar-refractivity contribution is -0.161. The minimum absolute atomic E-state index is 0.0407. The average Bonchev–Trinajstić information content (AvgIpc) is 3.02. The number of benzene rings is 3. The predicted molar refractivity (Wildman–Crippen MR) is 161 cm³/mol. The first-order valence-corrected chi connectivity index (χ1v) is 16.0. The molecule has 1 aliphatic heterocycles. The summed E-state index contributed by atoms with van der Waals surface area (Å²) in [4.78, 5) is 32.4. The van der Waals surface area contributed by atoms with Crippen molar-refractivity contribution in [1.29, 1.82) is 5.26 Å². The molecule has 216 valence electrons. The van der Waals surface area contributed by atoms with E-state index in [0.717, 1.165) is 4.90 Å². The first-order valence-electron chi connectivity index (χ1n) is 12.6. The van der Waals surface area contributed by atoms with Crippen molar-refractivity contribution in [1.82, 2.24) is 4.90 Å². The molecule has 0 N–H and O–H groups in total. The van der Waals surface area contributed by atoms with E-state index < -0.39 is 38.2 Å².